The topological polar surface area (TPSA) is 113 Å². The predicted octanol–water partition coefficient (Wildman–Crippen LogP) is 1.99. The number of halogens is 1. The molecule has 0 aliphatic carbocycles. The fourth-order valence-corrected chi connectivity index (χ4v) is 6.20. The predicted molar refractivity (Wildman–Crippen MR) is 69.4 cm³/mol. The van der Waals surface area contributed by atoms with Crippen LogP contribution in [0.25, 0.3) is 0 Å². The molecule has 3 atom stereocenters. The molecule has 0 bridgehead atoms. The molecular formula is C9H16ClN2O6P. The summed E-state index contributed by atoms with van der Waals surface area (Å²) >= 11 is 5.55. The van der Waals surface area contributed by atoms with Gasteiger partial charge in [-0.15, -0.1) is 11.6 Å². The fraction of sp³-hybridized carbons (Fsp3) is 1.00. The van der Waals surface area contributed by atoms with Crippen molar-refractivity contribution in [2.24, 2.45) is 0 Å². The molecule has 1 saturated heterocycles. The molecule has 0 aromatic carbocycles. The van der Waals surface area contributed by atoms with Gasteiger partial charge in [-0.25, -0.2) is 0 Å². The molecule has 0 saturated carbocycles. The molecule has 1 rings (SSSR count). The van der Waals surface area contributed by atoms with Gasteiger partial charge in [-0.05, 0) is 6.92 Å². The number of nitrogens with zero attached hydrogens (tertiary/aromatic N) is 2. The minimum Gasteiger partial charge on any atom is -0.324 e. The lowest BCUT2D eigenvalue weighted by Crippen LogP contribution is -2.59. The van der Waals surface area contributed by atoms with Crippen molar-refractivity contribution in [2.45, 2.75) is 38.0 Å². The maximum Gasteiger partial charge on any atom is 0.297 e. The third-order valence-corrected chi connectivity index (χ3v) is 7.03. The summed E-state index contributed by atoms with van der Waals surface area (Å²) in [6.45, 7) is 3.85. The quantitative estimate of drug-likeness (QED) is 0.332. The number of alkyl halides is 1. The van der Waals surface area contributed by atoms with Crippen molar-refractivity contribution in [1.29, 1.82) is 0 Å². The van der Waals surface area contributed by atoms with E-state index in [1.54, 1.807) is 6.92 Å². The van der Waals surface area contributed by atoms with Crippen molar-refractivity contribution in [1.82, 2.24) is 0 Å². The average molecular weight is 315 g/mol. The summed E-state index contributed by atoms with van der Waals surface area (Å²) in [6.07, 6.45) is -1.48. The lowest BCUT2D eigenvalue weighted by molar-refractivity contribution is -0.668. The normalized spacial score (nSPS) is 34.9. The SMILES string of the molecule is C[C@@H](CCl)OP1(=O)C[C@](C)([N+](=O)[O-])[C@@](C)([N+](=O)[O-])C1. The minimum absolute atomic E-state index is 0.0638. The lowest BCUT2D eigenvalue weighted by Gasteiger charge is -2.24. The van der Waals surface area contributed by atoms with Gasteiger partial charge in [0.25, 0.3) is 11.1 Å². The van der Waals surface area contributed by atoms with Crippen molar-refractivity contribution in [3.8, 4) is 0 Å². The van der Waals surface area contributed by atoms with Crippen LogP contribution >= 0.6 is 19.0 Å². The highest BCUT2D eigenvalue weighted by atomic mass is 35.5. The standard InChI is InChI=1S/C9H16ClN2O6P/c1-7(4-10)18-19(17)5-8(2,11(13)14)9(3,6-19)12(15)16/h7H,4-6H2,1-3H3/t7-,8-,9-/m0/s1. The summed E-state index contributed by atoms with van der Waals surface area (Å²) in [6, 6.07) is 0. The summed E-state index contributed by atoms with van der Waals surface area (Å²) in [7, 11) is -3.46. The van der Waals surface area contributed by atoms with Crippen LogP contribution in [0.3, 0.4) is 0 Å². The Balaban J connectivity index is 3.19. The Morgan fingerprint density at radius 2 is 1.63 bits per heavy atom. The Bertz CT molecular complexity index is 428. The van der Waals surface area contributed by atoms with E-state index >= 15 is 0 Å². The van der Waals surface area contributed by atoms with E-state index in [1.807, 2.05) is 0 Å². The molecule has 19 heavy (non-hydrogen) atoms. The second kappa shape index (κ2) is 5.00. The summed E-state index contributed by atoms with van der Waals surface area (Å²) in [5, 5.41) is 22.4. The van der Waals surface area contributed by atoms with Crippen molar-refractivity contribution in [3.05, 3.63) is 20.2 Å². The van der Waals surface area contributed by atoms with E-state index < -0.39 is 46.7 Å². The van der Waals surface area contributed by atoms with Gasteiger partial charge < -0.3 is 4.52 Å². The van der Waals surface area contributed by atoms with Crippen LogP contribution < -0.4 is 0 Å². The second-order valence-corrected chi connectivity index (χ2v) is 8.04. The molecule has 0 N–H and O–H groups in total. The third kappa shape index (κ3) is 2.61. The van der Waals surface area contributed by atoms with E-state index in [1.165, 1.54) is 0 Å². The number of hydrogen-bond donors (Lipinski definition) is 0. The van der Waals surface area contributed by atoms with Gasteiger partial charge >= 0.3 is 0 Å². The molecule has 1 fully saturated rings. The molecule has 8 nitrogen and oxygen atoms in total. The maximum atomic E-state index is 12.5. The van der Waals surface area contributed by atoms with Gasteiger partial charge in [0, 0.05) is 29.6 Å². The van der Waals surface area contributed by atoms with Gasteiger partial charge in [0.1, 0.15) is 12.3 Å². The Morgan fingerprint density at radius 1 is 1.26 bits per heavy atom. The molecule has 1 heterocycles. The molecule has 1 aliphatic rings. The molecule has 0 amide bonds. The molecular weight excluding hydrogens is 299 g/mol. The van der Waals surface area contributed by atoms with Gasteiger partial charge in [-0.2, -0.15) is 0 Å². The van der Waals surface area contributed by atoms with Crippen LogP contribution in [-0.4, -0.2) is 45.2 Å². The highest BCUT2D eigenvalue weighted by molar-refractivity contribution is 7.59. The van der Waals surface area contributed by atoms with E-state index in [2.05, 4.69) is 0 Å². The Kier molecular flexibility index (Phi) is 4.29. The summed E-state index contributed by atoms with van der Waals surface area (Å²) in [5.74, 6) is 0.0638. The Morgan fingerprint density at radius 3 is 1.89 bits per heavy atom. The van der Waals surface area contributed by atoms with Crippen molar-refractivity contribution in [2.75, 3.05) is 18.2 Å². The van der Waals surface area contributed by atoms with Gasteiger partial charge in [-0.1, -0.05) is 0 Å². The molecule has 0 unspecified atom stereocenters. The summed E-state index contributed by atoms with van der Waals surface area (Å²) in [5.41, 5.74) is -3.84. The zero-order valence-corrected chi connectivity index (χ0v) is 12.5. The van der Waals surface area contributed by atoms with Gasteiger partial charge in [0.2, 0.25) is 7.37 Å². The van der Waals surface area contributed by atoms with Crippen LogP contribution in [0, 0.1) is 20.2 Å². The largest absolute Gasteiger partial charge is 0.324 e. The highest BCUT2D eigenvalue weighted by Gasteiger charge is 2.74. The lowest BCUT2D eigenvalue weighted by atomic mass is 9.84. The van der Waals surface area contributed by atoms with E-state index in [0.29, 0.717) is 0 Å². The van der Waals surface area contributed by atoms with Crippen molar-refractivity contribution >= 4 is 19.0 Å². The summed E-state index contributed by atoms with van der Waals surface area (Å²) in [4.78, 5) is 20.9. The Labute approximate surface area is 115 Å². The first kappa shape index (κ1) is 16.3. The molecule has 0 spiro atoms. The first-order valence-corrected chi connectivity index (χ1v) is 8.15. The fourth-order valence-electron chi connectivity index (χ4n) is 2.27. The molecule has 0 aromatic heterocycles. The summed E-state index contributed by atoms with van der Waals surface area (Å²) < 4.78 is 17.8. The number of hydrogen-bond acceptors (Lipinski definition) is 6. The smallest absolute Gasteiger partial charge is 0.297 e. The van der Waals surface area contributed by atoms with Crippen LogP contribution in [-0.2, 0) is 9.09 Å². The monoisotopic (exact) mass is 314 g/mol. The van der Waals surface area contributed by atoms with Crippen LogP contribution in [0.15, 0.2) is 0 Å². The first-order valence-electron chi connectivity index (χ1n) is 5.62. The number of rotatable bonds is 5. The van der Waals surface area contributed by atoms with Crippen LogP contribution in [0.4, 0.5) is 0 Å². The maximum absolute atomic E-state index is 12.5. The highest BCUT2D eigenvalue weighted by Crippen LogP contribution is 2.62. The van der Waals surface area contributed by atoms with Crippen LogP contribution in [0.5, 0.6) is 0 Å². The second-order valence-electron chi connectivity index (χ2n) is 5.26. The van der Waals surface area contributed by atoms with E-state index in [4.69, 9.17) is 16.1 Å². The number of nitro groups is 2. The molecule has 0 radical (unpaired) electrons. The van der Waals surface area contributed by atoms with Crippen LogP contribution in [0.2, 0.25) is 0 Å². The minimum atomic E-state index is -3.46. The van der Waals surface area contributed by atoms with E-state index in [-0.39, 0.29) is 5.88 Å². The van der Waals surface area contributed by atoms with Gasteiger partial charge in [0.15, 0.2) is 0 Å². The van der Waals surface area contributed by atoms with Crippen molar-refractivity contribution < 1.29 is 18.9 Å². The van der Waals surface area contributed by atoms with E-state index in [9.17, 15) is 24.8 Å². The molecule has 1 aliphatic heterocycles. The average Bonchev–Trinajstić information content (AvgIpc) is 2.48. The van der Waals surface area contributed by atoms with Crippen LogP contribution in [0.1, 0.15) is 20.8 Å². The zero-order valence-electron chi connectivity index (χ0n) is 10.9. The zero-order chi connectivity index (χ0) is 15.1. The third-order valence-electron chi connectivity index (χ3n) is 3.65. The molecule has 10 heteroatoms. The molecule has 0 aromatic rings. The first-order chi connectivity index (χ1) is 8.51. The van der Waals surface area contributed by atoms with Gasteiger partial charge in [0.05, 0.1) is 6.10 Å². The molecule has 110 valence electrons. The van der Waals surface area contributed by atoms with Crippen molar-refractivity contribution in [3.63, 3.8) is 0 Å². The Hall–Kier alpha value is -0.720. The van der Waals surface area contributed by atoms with E-state index in [0.717, 1.165) is 13.8 Å². The van der Waals surface area contributed by atoms with Gasteiger partial charge in [-0.3, -0.25) is 24.8 Å².